The van der Waals surface area contributed by atoms with Crippen LogP contribution < -0.4 is 0 Å². The van der Waals surface area contributed by atoms with Gasteiger partial charge in [-0.1, -0.05) is 0 Å². The van der Waals surface area contributed by atoms with E-state index in [1.54, 1.807) is 12.4 Å². The molecule has 0 saturated heterocycles. The van der Waals surface area contributed by atoms with E-state index in [0.29, 0.717) is 13.1 Å². The number of carbonyl (C=O) groups excluding carboxylic acids is 1. The van der Waals surface area contributed by atoms with Gasteiger partial charge >= 0.3 is 0 Å². The van der Waals surface area contributed by atoms with Crippen LogP contribution >= 0.6 is 22.6 Å². The highest BCUT2D eigenvalue weighted by molar-refractivity contribution is 14.1. The van der Waals surface area contributed by atoms with Crippen molar-refractivity contribution in [2.45, 2.75) is 6.42 Å². The van der Waals surface area contributed by atoms with Crippen molar-refractivity contribution in [3.63, 3.8) is 0 Å². The predicted octanol–water partition coefficient (Wildman–Crippen LogP) is 1.40. The maximum absolute atomic E-state index is 9.84. The Bertz CT molecular complexity index is 265. The van der Waals surface area contributed by atoms with Crippen molar-refractivity contribution in [1.82, 2.24) is 4.98 Å². The molecule has 0 bridgehead atoms. The summed E-state index contributed by atoms with van der Waals surface area (Å²) in [5.74, 6) is 0. The number of rotatable bonds is 4. The minimum atomic E-state index is 0.422. The van der Waals surface area contributed by atoms with Crippen molar-refractivity contribution in [3.05, 3.63) is 27.6 Å². The molecule has 0 radical (unpaired) electrons. The standard InChI is InChI=1S/C8H8INO2/c9-8-1-3-10-5-7(8)2-4-12-6-11/h1,3,5-6H,2,4H2. The average Bonchev–Trinajstić information content (AvgIpc) is 2.09. The smallest absolute Gasteiger partial charge is 0.293 e. The molecule has 0 aliphatic heterocycles. The number of hydrogen-bond donors (Lipinski definition) is 0. The van der Waals surface area contributed by atoms with Crippen LogP contribution in [0, 0.1) is 3.57 Å². The zero-order chi connectivity index (χ0) is 8.81. The highest BCUT2D eigenvalue weighted by Crippen LogP contribution is 2.09. The molecule has 1 aromatic heterocycles. The number of ether oxygens (including phenoxy) is 1. The monoisotopic (exact) mass is 277 g/mol. The van der Waals surface area contributed by atoms with Gasteiger partial charge in [-0.3, -0.25) is 9.78 Å². The summed E-state index contributed by atoms with van der Waals surface area (Å²) in [7, 11) is 0. The van der Waals surface area contributed by atoms with Crippen molar-refractivity contribution in [2.75, 3.05) is 6.61 Å². The first-order valence-corrected chi connectivity index (χ1v) is 4.56. The van der Waals surface area contributed by atoms with Gasteiger partial charge in [0.2, 0.25) is 0 Å². The molecule has 0 atom stereocenters. The van der Waals surface area contributed by atoms with Crippen LogP contribution in [0.3, 0.4) is 0 Å². The van der Waals surface area contributed by atoms with Gasteiger partial charge < -0.3 is 4.74 Å². The molecule has 1 rings (SSSR count). The van der Waals surface area contributed by atoms with Crippen LogP contribution in [0.2, 0.25) is 0 Å². The van der Waals surface area contributed by atoms with E-state index in [1.807, 2.05) is 6.07 Å². The second-order valence-electron chi connectivity index (χ2n) is 2.18. The summed E-state index contributed by atoms with van der Waals surface area (Å²) < 4.78 is 5.73. The van der Waals surface area contributed by atoms with Gasteiger partial charge in [0.25, 0.3) is 6.47 Å². The second-order valence-corrected chi connectivity index (χ2v) is 3.35. The molecule has 0 unspecified atom stereocenters. The second kappa shape index (κ2) is 5.08. The number of halogens is 1. The molecule has 1 aromatic rings. The fourth-order valence-electron chi connectivity index (χ4n) is 0.811. The van der Waals surface area contributed by atoms with Gasteiger partial charge in [0.05, 0.1) is 6.61 Å². The Balaban J connectivity index is 2.51. The van der Waals surface area contributed by atoms with Crippen molar-refractivity contribution in [1.29, 1.82) is 0 Å². The molecule has 64 valence electrons. The first-order valence-electron chi connectivity index (χ1n) is 3.48. The van der Waals surface area contributed by atoms with Gasteiger partial charge in [0.1, 0.15) is 0 Å². The highest BCUT2D eigenvalue weighted by atomic mass is 127. The molecule has 0 fully saturated rings. The van der Waals surface area contributed by atoms with Crippen molar-refractivity contribution in [2.24, 2.45) is 0 Å². The Labute approximate surface area is 84.3 Å². The summed E-state index contributed by atoms with van der Waals surface area (Å²) in [6.45, 7) is 0.883. The fraction of sp³-hybridized carbons (Fsp3) is 0.250. The third kappa shape index (κ3) is 2.77. The maximum Gasteiger partial charge on any atom is 0.293 e. The molecule has 0 aromatic carbocycles. The van der Waals surface area contributed by atoms with E-state index in [-0.39, 0.29) is 0 Å². The largest absolute Gasteiger partial charge is 0.468 e. The first kappa shape index (κ1) is 9.44. The van der Waals surface area contributed by atoms with Gasteiger partial charge in [-0.05, 0) is 34.2 Å². The topological polar surface area (TPSA) is 39.2 Å². The van der Waals surface area contributed by atoms with Gasteiger partial charge in [0, 0.05) is 22.4 Å². The molecule has 0 spiro atoms. The predicted molar refractivity (Wildman–Crippen MR) is 52.7 cm³/mol. The van der Waals surface area contributed by atoms with E-state index in [2.05, 4.69) is 32.3 Å². The lowest BCUT2D eigenvalue weighted by Gasteiger charge is -2.01. The SMILES string of the molecule is O=COCCc1cnccc1I. The van der Waals surface area contributed by atoms with E-state index in [9.17, 15) is 4.79 Å². The lowest BCUT2D eigenvalue weighted by molar-refractivity contribution is -0.128. The van der Waals surface area contributed by atoms with E-state index in [0.717, 1.165) is 15.6 Å². The van der Waals surface area contributed by atoms with Gasteiger partial charge in [-0.15, -0.1) is 0 Å². The zero-order valence-corrected chi connectivity index (χ0v) is 8.52. The lowest BCUT2D eigenvalue weighted by Crippen LogP contribution is -1.98. The summed E-state index contributed by atoms with van der Waals surface area (Å²) in [6.07, 6.45) is 4.26. The van der Waals surface area contributed by atoms with Crippen LogP contribution in [0.1, 0.15) is 5.56 Å². The molecule has 12 heavy (non-hydrogen) atoms. The molecule has 1 heterocycles. The Morgan fingerprint density at radius 3 is 3.17 bits per heavy atom. The summed E-state index contributed by atoms with van der Waals surface area (Å²) in [5, 5.41) is 0. The number of aromatic nitrogens is 1. The van der Waals surface area contributed by atoms with Crippen molar-refractivity contribution < 1.29 is 9.53 Å². The average molecular weight is 277 g/mol. The number of carbonyl (C=O) groups is 1. The van der Waals surface area contributed by atoms with Gasteiger partial charge in [-0.2, -0.15) is 0 Å². The summed E-state index contributed by atoms with van der Waals surface area (Å²) in [5.41, 5.74) is 1.11. The number of pyridine rings is 1. The minimum Gasteiger partial charge on any atom is -0.468 e. The third-order valence-electron chi connectivity index (χ3n) is 1.40. The summed E-state index contributed by atoms with van der Waals surface area (Å²) in [6, 6.07) is 1.93. The molecule has 0 saturated carbocycles. The minimum absolute atomic E-state index is 0.422. The van der Waals surface area contributed by atoms with Crippen molar-refractivity contribution in [3.8, 4) is 0 Å². The molecule has 0 N–H and O–H groups in total. The van der Waals surface area contributed by atoms with Crippen LogP contribution in [-0.2, 0) is 16.0 Å². The fourth-order valence-corrected chi connectivity index (χ4v) is 1.38. The number of hydrogen-bond acceptors (Lipinski definition) is 3. The highest BCUT2D eigenvalue weighted by Gasteiger charge is 1.97. The molecular formula is C8H8INO2. The van der Waals surface area contributed by atoms with E-state index in [4.69, 9.17) is 0 Å². The third-order valence-corrected chi connectivity index (χ3v) is 2.45. The molecule has 0 aliphatic rings. The van der Waals surface area contributed by atoms with Crippen LogP contribution in [-0.4, -0.2) is 18.1 Å². The summed E-state index contributed by atoms with van der Waals surface area (Å²) >= 11 is 2.23. The molecule has 0 amide bonds. The zero-order valence-electron chi connectivity index (χ0n) is 6.37. The Morgan fingerprint density at radius 1 is 1.67 bits per heavy atom. The Morgan fingerprint density at radius 2 is 2.50 bits per heavy atom. The molecule has 4 heteroatoms. The maximum atomic E-state index is 9.84. The van der Waals surface area contributed by atoms with Crippen LogP contribution in [0.4, 0.5) is 0 Å². The van der Waals surface area contributed by atoms with Crippen LogP contribution in [0.5, 0.6) is 0 Å². The van der Waals surface area contributed by atoms with E-state index < -0.39 is 0 Å². The molecule has 0 aliphatic carbocycles. The van der Waals surface area contributed by atoms with E-state index in [1.165, 1.54) is 0 Å². The Kier molecular flexibility index (Phi) is 3.99. The van der Waals surface area contributed by atoms with Crippen LogP contribution in [0.25, 0.3) is 0 Å². The van der Waals surface area contributed by atoms with Crippen LogP contribution in [0.15, 0.2) is 18.5 Å². The lowest BCUT2D eigenvalue weighted by atomic mass is 10.2. The summed E-state index contributed by atoms with van der Waals surface area (Å²) in [4.78, 5) is 13.8. The van der Waals surface area contributed by atoms with Crippen molar-refractivity contribution >= 4 is 29.1 Å². The Hall–Kier alpha value is -0.650. The van der Waals surface area contributed by atoms with Gasteiger partial charge in [-0.25, -0.2) is 0 Å². The van der Waals surface area contributed by atoms with Gasteiger partial charge in [0.15, 0.2) is 0 Å². The normalized spacial score (nSPS) is 9.42. The number of nitrogens with zero attached hydrogens (tertiary/aromatic N) is 1. The quantitative estimate of drug-likeness (QED) is 0.474. The molecule has 3 nitrogen and oxygen atoms in total. The first-order chi connectivity index (χ1) is 5.84. The molecular weight excluding hydrogens is 269 g/mol. The van der Waals surface area contributed by atoms with E-state index >= 15 is 0 Å².